The average molecular weight is 344 g/mol. The SMILES string of the molecule is CCCc1nnsc1C(=O)NCC(O)c1cn(C)c2ccccc12. The molecule has 0 fully saturated rings. The maximum Gasteiger partial charge on any atom is 0.265 e. The zero-order chi connectivity index (χ0) is 17.1. The lowest BCUT2D eigenvalue weighted by Crippen LogP contribution is -2.28. The van der Waals surface area contributed by atoms with E-state index in [1.807, 2.05) is 49.0 Å². The van der Waals surface area contributed by atoms with Gasteiger partial charge < -0.3 is 15.0 Å². The van der Waals surface area contributed by atoms with Crippen molar-refractivity contribution in [2.24, 2.45) is 7.05 Å². The van der Waals surface area contributed by atoms with E-state index < -0.39 is 6.10 Å². The first-order valence-corrected chi connectivity index (χ1v) is 8.70. The Morgan fingerprint density at radius 2 is 2.21 bits per heavy atom. The number of rotatable bonds is 6. The van der Waals surface area contributed by atoms with E-state index in [4.69, 9.17) is 0 Å². The van der Waals surface area contributed by atoms with Crippen LogP contribution >= 0.6 is 11.5 Å². The number of aromatic nitrogens is 3. The van der Waals surface area contributed by atoms with Crippen LogP contribution in [0.25, 0.3) is 10.9 Å². The van der Waals surface area contributed by atoms with Crippen molar-refractivity contribution in [3.05, 3.63) is 46.6 Å². The Bertz CT molecular complexity index is 855. The van der Waals surface area contributed by atoms with Crippen LogP contribution in [0.3, 0.4) is 0 Å². The molecule has 3 rings (SSSR count). The Hall–Kier alpha value is -2.25. The van der Waals surface area contributed by atoms with Crippen molar-refractivity contribution in [3.63, 3.8) is 0 Å². The predicted octanol–water partition coefficient (Wildman–Crippen LogP) is 2.45. The number of aryl methyl sites for hydroxylation is 2. The molecule has 0 aliphatic heterocycles. The highest BCUT2D eigenvalue weighted by Crippen LogP contribution is 2.25. The topological polar surface area (TPSA) is 80.0 Å². The molecular weight excluding hydrogens is 324 g/mol. The van der Waals surface area contributed by atoms with Gasteiger partial charge in [0.1, 0.15) is 4.88 Å². The van der Waals surface area contributed by atoms with E-state index in [2.05, 4.69) is 14.9 Å². The quantitative estimate of drug-likeness (QED) is 0.720. The summed E-state index contributed by atoms with van der Waals surface area (Å²) in [5, 5.41) is 18.3. The fourth-order valence-corrected chi connectivity index (χ4v) is 3.42. The predicted molar refractivity (Wildman–Crippen MR) is 94.1 cm³/mol. The lowest BCUT2D eigenvalue weighted by molar-refractivity contribution is 0.0920. The van der Waals surface area contributed by atoms with Crippen molar-refractivity contribution in [2.45, 2.75) is 25.9 Å². The molecule has 1 amide bonds. The Morgan fingerprint density at radius 3 is 3.00 bits per heavy atom. The molecule has 2 aromatic heterocycles. The molecule has 2 N–H and O–H groups in total. The Kier molecular flexibility index (Phi) is 4.92. The third-order valence-corrected chi connectivity index (χ3v) is 4.76. The van der Waals surface area contributed by atoms with E-state index in [-0.39, 0.29) is 12.5 Å². The molecule has 0 spiro atoms. The highest BCUT2D eigenvalue weighted by atomic mass is 32.1. The number of nitrogens with one attached hydrogen (secondary N) is 1. The molecule has 1 unspecified atom stereocenters. The molecule has 3 aromatic rings. The van der Waals surface area contributed by atoms with Crippen LogP contribution in [0.4, 0.5) is 0 Å². The molecule has 2 heterocycles. The summed E-state index contributed by atoms with van der Waals surface area (Å²) in [4.78, 5) is 12.8. The highest BCUT2D eigenvalue weighted by Gasteiger charge is 2.19. The van der Waals surface area contributed by atoms with E-state index in [0.717, 1.165) is 46.5 Å². The summed E-state index contributed by atoms with van der Waals surface area (Å²) < 4.78 is 5.83. The number of nitrogens with zero attached hydrogens (tertiary/aromatic N) is 3. The largest absolute Gasteiger partial charge is 0.386 e. The van der Waals surface area contributed by atoms with Gasteiger partial charge in [0.2, 0.25) is 0 Å². The van der Waals surface area contributed by atoms with Gasteiger partial charge >= 0.3 is 0 Å². The molecule has 126 valence electrons. The summed E-state index contributed by atoms with van der Waals surface area (Å²) in [6, 6.07) is 7.88. The summed E-state index contributed by atoms with van der Waals surface area (Å²) in [6.45, 7) is 2.18. The molecule has 0 saturated carbocycles. The third-order valence-electron chi connectivity index (χ3n) is 3.99. The number of hydrogen-bond donors (Lipinski definition) is 2. The van der Waals surface area contributed by atoms with E-state index in [1.165, 1.54) is 0 Å². The molecule has 0 saturated heterocycles. The minimum absolute atomic E-state index is 0.149. The minimum Gasteiger partial charge on any atom is -0.386 e. The maximum atomic E-state index is 12.3. The number of para-hydroxylation sites is 1. The minimum atomic E-state index is -0.768. The van der Waals surface area contributed by atoms with E-state index >= 15 is 0 Å². The third kappa shape index (κ3) is 3.18. The van der Waals surface area contributed by atoms with Gasteiger partial charge in [0.05, 0.1) is 11.8 Å². The van der Waals surface area contributed by atoms with Crippen molar-refractivity contribution >= 4 is 28.3 Å². The van der Waals surface area contributed by atoms with Gasteiger partial charge in [0.15, 0.2) is 0 Å². The average Bonchev–Trinajstić information content (AvgIpc) is 3.18. The Labute approximate surface area is 144 Å². The zero-order valence-corrected chi connectivity index (χ0v) is 14.5. The summed E-state index contributed by atoms with van der Waals surface area (Å²) in [7, 11) is 1.94. The van der Waals surface area contributed by atoms with Crippen molar-refractivity contribution < 1.29 is 9.90 Å². The molecule has 0 aliphatic carbocycles. The Balaban J connectivity index is 1.72. The van der Waals surface area contributed by atoms with Gasteiger partial charge in [-0.2, -0.15) is 0 Å². The number of hydrogen-bond acceptors (Lipinski definition) is 5. The van der Waals surface area contributed by atoms with Crippen LogP contribution in [0.2, 0.25) is 0 Å². The van der Waals surface area contributed by atoms with Crippen LogP contribution in [-0.4, -0.2) is 31.7 Å². The lowest BCUT2D eigenvalue weighted by atomic mass is 10.1. The van der Waals surface area contributed by atoms with Crippen LogP contribution in [0.5, 0.6) is 0 Å². The summed E-state index contributed by atoms with van der Waals surface area (Å²) in [5.74, 6) is -0.229. The van der Waals surface area contributed by atoms with E-state index in [1.54, 1.807) is 0 Å². The number of fused-ring (bicyclic) bond motifs is 1. The fraction of sp³-hybridized carbons (Fsp3) is 0.353. The van der Waals surface area contributed by atoms with Crippen LogP contribution in [0, 0.1) is 0 Å². The second kappa shape index (κ2) is 7.11. The molecule has 24 heavy (non-hydrogen) atoms. The summed E-state index contributed by atoms with van der Waals surface area (Å²) in [6.07, 6.45) is 2.77. The Morgan fingerprint density at radius 1 is 1.42 bits per heavy atom. The molecule has 0 radical (unpaired) electrons. The van der Waals surface area contributed by atoms with E-state index in [0.29, 0.717) is 4.88 Å². The monoisotopic (exact) mass is 344 g/mol. The molecule has 0 bridgehead atoms. The second-order valence-corrected chi connectivity index (χ2v) is 6.49. The lowest BCUT2D eigenvalue weighted by Gasteiger charge is -2.11. The van der Waals surface area contributed by atoms with Crippen molar-refractivity contribution in [1.29, 1.82) is 0 Å². The standard InChI is InChI=1S/C17H20N4O2S/c1-3-6-13-16(24-20-19-13)17(23)18-9-15(22)12-10-21(2)14-8-5-4-7-11(12)14/h4-5,7-8,10,15,22H,3,6,9H2,1-2H3,(H,18,23). The molecule has 7 heteroatoms. The summed E-state index contributed by atoms with van der Waals surface area (Å²) in [5.41, 5.74) is 2.58. The van der Waals surface area contributed by atoms with Crippen LogP contribution < -0.4 is 5.32 Å². The highest BCUT2D eigenvalue weighted by molar-refractivity contribution is 7.08. The first kappa shape index (κ1) is 16.6. The van der Waals surface area contributed by atoms with Crippen LogP contribution in [-0.2, 0) is 13.5 Å². The van der Waals surface area contributed by atoms with Gasteiger partial charge in [0.25, 0.3) is 5.91 Å². The molecule has 6 nitrogen and oxygen atoms in total. The van der Waals surface area contributed by atoms with Crippen molar-refractivity contribution in [1.82, 2.24) is 19.5 Å². The second-order valence-electron chi connectivity index (χ2n) is 5.74. The summed E-state index contributed by atoms with van der Waals surface area (Å²) >= 11 is 1.09. The van der Waals surface area contributed by atoms with Crippen molar-refractivity contribution in [3.8, 4) is 0 Å². The van der Waals surface area contributed by atoms with Gasteiger partial charge in [-0.3, -0.25) is 4.79 Å². The number of amides is 1. The number of aliphatic hydroxyl groups excluding tert-OH is 1. The molecule has 1 atom stereocenters. The van der Waals surface area contributed by atoms with Gasteiger partial charge in [0, 0.05) is 36.3 Å². The maximum absolute atomic E-state index is 12.3. The number of aliphatic hydroxyl groups is 1. The van der Waals surface area contributed by atoms with Crippen LogP contribution in [0.1, 0.15) is 40.4 Å². The molecule has 1 aromatic carbocycles. The fourth-order valence-electron chi connectivity index (χ4n) is 2.80. The first-order valence-electron chi connectivity index (χ1n) is 7.93. The van der Waals surface area contributed by atoms with Crippen molar-refractivity contribution in [2.75, 3.05) is 6.54 Å². The van der Waals surface area contributed by atoms with E-state index in [9.17, 15) is 9.90 Å². The van der Waals surface area contributed by atoms with Gasteiger partial charge in [-0.1, -0.05) is 36.0 Å². The molecular formula is C17H20N4O2S. The number of carbonyl (C=O) groups excluding carboxylic acids is 1. The smallest absolute Gasteiger partial charge is 0.265 e. The zero-order valence-electron chi connectivity index (χ0n) is 13.7. The number of carbonyl (C=O) groups is 1. The van der Waals surface area contributed by atoms with Gasteiger partial charge in [-0.05, 0) is 24.0 Å². The normalized spacial score (nSPS) is 12.5. The number of benzene rings is 1. The first-order chi connectivity index (χ1) is 11.6. The van der Waals surface area contributed by atoms with Gasteiger partial charge in [-0.25, -0.2) is 0 Å². The molecule has 0 aliphatic rings. The van der Waals surface area contributed by atoms with Crippen LogP contribution in [0.15, 0.2) is 30.5 Å². The van der Waals surface area contributed by atoms with Gasteiger partial charge in [-0.15, -0.1) is 5.10 Å².